The van der Waals surface area contributed by atoms with Gasteiger partial charge in [-0.2, -0.15) is 0 Å². The number of aromatic carboxylic acids is 1. The maximum Gasteiger partial charge on any atom is 0.354 e. The van der Waals surface area contributed by atoms with Gasteiger partial charge in [0, 0.05) is 16.9 Å². The minimum Gasteiger partial charge on any atom is -0.477 e. The summed E-state index contributed by atoms with van der Waals surface area (Å²) in [4.78, 5) is 18.5. The van der Waals surface area contributed by atoms with Crippen molar-refractivity contribution in [1.29, 1.82) is 0 Å². The Hall–Kier alpha value is -2.14. The zero-order valence-electron chi connectivity index (χ0n) is 8.59. The summed E-state index contributed by atoms with van der Waals surface area (Å²) in [5, 5.41) is 12.3. The van der Waals surface area contributed by atoms with E-state index in [1.54, 1.807) is 24.3 Å². The fraction of sp³-hybridized carbons (Fsp3) is 0. The maximum atomic E-state index is 10.7. The third-order valence-corrected chi connectivity index (χ3v) is 2.23. The van der Waals surface area contributed by atoms with Gasteiger partial charge >= 0.3 is 5.97 Å². The van der Waals surface area contributed by atoms with Crippen LogP contribution in [0.25, 0.3) is 0 Å². The van der Waals surface area contributed by atoms with E-state index < -0.39 is 5.97 Å². The van der Waals surface area contributed by atoms with Crippen molar-refractivity contribution < 1.29 is 9.90 Å². The molecule has 2 aromatic rings. The molecule has 0 aliphatic rings. The van der Waals surface area contributed by atoms with Crippen molar-refractivity contribution >= 4 is 29.2 Å². The molecule has 0 aliphatic heterocycles. The number of hydrogen-bond donors (Lipinski definition) is 2. The Bertz CT molecular complexity index is 543. The lowest BCUT2D eigenvalue weighted by Gasteiger charge is -2.04. The van der Waals surface area contributed by atoms with E-state index in [0.29, 0.717) is 5.02 Å². The molecule has 0 atom stereocenters. The van der Waals surface area contributed by atoms with Crippen LogP contribution in [-0.2, 0) is 0 Å². The van der Waals surface area contributed by atoms with Crippen LogP contribution in [0.1, 0.15) is 10.5 Å². The van der Waals surface area contributed by atoms with Crippen LogP contribution in [-0.4, -0.2) is 21.0 Å². The summed E-state index contributed by atoms with van der Waals surface area (Å²) in [5.74, 6) is -0.862. The van der Waals surface area contributed by atoms with Gasteiger partial charge in [-0.25, -0.2) is 14.8 Å². The number of carbonyl (C=O) groups is 1. The summed E-state index contributed by atoms with van der Waals surface area (Å²) >= 11 is 5.74. The van der Waals surface area contributed by atoms with Gasteiger partial charge in [-0.1, -0.05) is 11.6 Å². The van der Waals surface area contributed by atoms with E-state index in [1.807, 2.05) is 0 Å². The highest BCUT2D eigenvalue weighted by Crippen LogP contribution is 2.16. The predicted molar refractivity (Wildman–Crippen MR) is 63.7 cm³/mol. The highest BCUT2D eigenvalue weighted by atomic mass is 35.5. The van der Waals surface area contributed by atoms with Crippen molar-refractivity contribution in [3.63, 3.8) is 0 Å². The van der Waals surface area contributed by atoms with Gasteiger partial charge in [-0.05, 0) is 30.3 Å². The molecule has 0 saturated carbocycles. The first-order valence-electron chi connectivity index (χ1n) is 4.74. The molecule has 2 N–H and O–H groups in total. The Balaban J connectivity index is 2.21. The third kappa shape index (κ3) is 2.92. The molecule has 0 aliphatic carbocycles. The lowest BCUT2D eigenvalue weighted by atomic mass is 10.3. The van der Waals surface area contributed by atoms with Gasteiger partial charge in [0.15, 0.2) is 5.69 Å². The van der Waals surface area contributed by atoms with Gasteiger partial charge in [0.05, 0.1) is 0 Å². The molecule has 1 aromatic carbocycles. The fourth-order valence-electron chi connectivity index (χ4n) is 1.20. The summed E-state index contributed by atoms with van der Waals surface area (Å²) < 4.78 is 0. The highest BCUT2D eigenvalue weighted by molar-refractivity contribution is 6.30. The smallest absolute Gasteiger partial charge is 0.354 e. The summed E-state index contributed by atoms with van der Waals surface area (Å²) in [5.41, 5.74) is 0.674. The molecule has 0 fully saturated rings. The van der Waals surface area contributed by atoms with Crippen LogP contribution >= 0.6 is 11.6 Å². The average molecular weight is 250 g/mol. The molecule has 1 heterocycles. The van der Waals surface area contributed by atoms with Crippen LogP contribution in [0.15, 0.2) is 36.5 Å². The van der Waals surface area contributed by atoms with E-state index >= 15 is 0 Å². The van der Waals surface area contributed by atoms with Crippen molar-refractivity contribution in [1.82, 2.24) is 9.97 Å². The molecule has 0 radical (unpaired) electrons. The van der Waals surface area contributed by atoms with Crippen LogP contribution in [0.2, 0.25) is 5.02 Å². The van der Waals surface area contributed by atoms with Crippen LogP contribution in [0, 0.1) is 0 Å². The van der Waals surface area contributed by atoms with Gasteiger partial charge < -0.3 is 10.4 Å². The third-order valence-electron chi connectivity index (χ3n) is 1.98. The van der Waals surface area contributed by atoms with E-state index in [4.69, 9.17) is 16.7 Å². The Morgan fingerprint density at radius 2 is 1.94 bits per heavy atom. The number of carboxylic acid groups (broad SMARTS) is 1. The standard InChI is InChI=1S/C11H8ClN3O2/c12-7-1-3-8(4-2-7)14-11-13-6-5-9(15-11)10(16)17/h1-6H,(H,16,17)(H,13,14,15). The van der Waals surface area contributed by atoms with Crippen molar-refractivity contribution in [3.8, 4) is 0 Å². The van der Waals surface area contributed by atoms with Crippen LogP contribution in [0.5, 0.6) is 0 Å². The summed E-state index contributed by atoms with van der Waals surface area (Å²) in [6.45, 7) is 0. The predicted octanol–water partition coefficient (Wildman–Crippen LogP) is 2.57. The van der Waals surface area contributed by atoms with E-state index in [0.717, 1.165) is 5.69 Å². The minimum absolute atomic E-state index is 0.0588. The first kappa shape index (κ1) is 11.3. The molecule has 0 saturated heterocycles. The second kappa shape index (κ2) is 4.80. The number of benzene rings is 1. The molecule has 5 nitrogen and oxygen atoms in total. The fourth-order valence-corrected chi connectivity index (χ4v) is 1.33. The van der Waals surface area contributed by atoms with E-state index in [9.17, 15) is 4.79 Å². The monoisotopic (exact) mass is 249 g/mol. The maximum absolute atomic E-state index is 10.7. The van der Waals surface area contributed by atoms with Crippen molar-refractivity contribution in [2.24, 2.45) is 0 Å². The van der Waals surface area contributed by atoms with Crippen molar-refractivity contribution in [3.05, 3.63) is 47.2 Å². The Morgan fingerprint density at radius 1 is 1.24 bits per heavy atom. The van der Waals surface area contributed by atoms with Crippen LogP contribution in [0.3, 0.4) is 0 Å². The molecule has 1 aromatic heterocycles. The van der Waals surface area contributed by atoms with Crippen LogP contribution < -0.4 is 5.32 Å². The van der Waals surface area contributed by atoms with Crippen molar-refractivity contribution in [2.75, 3.05) is 5.32 Å². The van der Waals surface area contributed by atoms with Gasteiger partial charge in [-0.3, -0.25) is 0 Å². The molecule has 0 bridgehead atoms. The topological polar surface area (TPSA) is 75.1 Å². The number of halogens is 1. The highest BCUT2D eigenvalue weighted by Gasteiger charge is 2.06. The zero-order valence-corrected chi connectivity index (χ0v) is 9.35. The average Bonchev–Trinajstić information content (AvgIpc) is 2.32. The molecule has 6 heteroatoms. The molecule has 0 amide bonds. The Kier molecular flexibility index (Phi) is 3.20. The normalized spacial score (nSPS) is 9.94. The summed E-state index contributed by atoms with van der Waals surface area (Å²) in [6, 6.07) is 8.25. The van der Waals surface area contributed by atoms with Crippen LogP contribution in [0.4, 0.5) is 11.6 Å². The molecular weight excluding hydrogens is 242 g/mol. The van der Waals surface area contributed by atoms with Gasteiger partial charge in [0.2, 0.25) is 5.95 Å². The first-order chi connectivity index (χ1) is 8.15. The Morgan fingerprint density at radius 3 is 2.59 bits per heavy atom. The molecule has 0 unspecified atom stereocenters. The number of rotatable bonds is 3. The quantitative estimate of drug-likeness (QED) is 0.874. The van der Waals surface area contributed by atoms with E-state index in [-0.39, 0.29) is 11.6 Å². The van der Waals surface area contributed by atoms with Gasteiger partial charge in [0.25, 0.3) is 0 Å². The van der Waals surface area contributed by atoms with E-state index in [1.165, 1.54) is 12.3 Å². The van der Waals surface area contributed by atoms with Gasteiger partial charge in [0.1, 0.15) is 0 Å². The zero-order chi connectivity index (χ0) is 12.3. The molecule has 17 heavy (non-hydrogen) atoms. The molecule has 86 valence electrons. The number of carboxylic acids is 1. The summed E-state index contributed by atoms with van der Waals surface area (Å²) in [7, 11) is 0. The lowest BCUT2D eigenvalue weighted by molar-refractivity contribution is 0.0690. The SMILES string of the molecule is O=C(O)c1ccnc(Nc2ccc(Cl)cc2)n1. The second-order valence-corrected chi connectivity index (χ2v) is 3.64. The van der Waals surface area contributed by atoms with Crippen molar-refractivity contribution in [2.45, 2.75) is 0 Å². The molecule has 2 rings (SSSR count). The summed E-state index contributed by atoms with van der Waals surface area (Å²) in [6.07, 6.45) is 1.38. The number of nitrogens with one attached hydrogen (secondary N) is 1. The molecule has 0 spiro atoms. The lowest BCUT2D eigenvalue weighted by Crippen LogP contribution is -2.04. The van der Waals surface area contributed by atoms with Gasteiger partial charge in [-0.15, -0.1) is 0 Å². The van der Waals surface area contributed by atoms with E-state index in [2.05, 4.69) is 15.3 Å². The number of aromatic nitrogens is 2. The molecular formula is C11H8ClN3O2. The first-order valence-corrected chi connectivity index (χ1v) is 5.12. The second-order valence-electron chi connectivity index (χ2n) is 3.20. The Labute approximate surface area is 102 Å². The minimum atomic E-state index is -1.09. The number of hydrogen-bond acceptors (Lipinski definition) is 4. The largest absolute Gasteiger partial charge is 0.477 e. The number of anilines is 2. The number of nitrogens with zero attached hydrogens (tertiary/aromatic N) is 2.